The summed E-state index contributed by atoms with van der Waals surface area (Å²) >= 11 is 0. The maximum absolute atomic E-state index is 13.4. The second-order valence-electron chi connectivity index (χ2n) is 8.21. The van der Waals surface area contributed by atoms with Gasteiger partial charge in [0.15, 0.2) is 21.3 Å². The number of methoxy groups -OCH3 is 2. The molecule has 4 rings (SSSR count). The monoisotopic (exact) mass is 457 g/mol. The lowest BCUT2D eigenvalue weighted by Gasteiger charge is -2.29. The molecule has 0 N–H and O–H groups in total. The molecule has 1 aliphatic heterocycles. The molecule has 0 saturated carbocycles. The largest absolute Gasteiger partial charge is 0.493 e. The average molecular weight is 458 g/mol. The van der Waals surface area contributed by atoms with Crippen molar-refractivity contribution in [3.05, 3.63) is 59.4 Å². The molecule has 0 aliphatic carbocycles. The van der Waals surface area contributed by atoms with Crippen molar-refractivity contribution >= 4 is 26.7 Å². The summed E-state index contributed by atoms with van der Waals surface area (Å²) in [6.07, 6.45) is 2.19. The van der Waals surface area contributed by atoms with Gasteiger partial charge >= 0.3 is 0 Å². The van der Waals surface area contributed by atoms with Gasteiger partial charge in [-0.15, -0.1) is 0 Å². The molecular formula is C24H27NO6S. The molecule has 8 heteroatoms. The van der Waals surface area contributed by atoms with E-state index in [0.717, 1.165) is 27.7 Å². The van der Waals surface area contributed by atoms with Crippen LogP contribution in [0.5, 0.6) is 11.5 Å². The molecule has 0 bridgehead atoms. The second-order valence-corrected chi connectivity index (χ2v) is 10.4. The van der Waals surface area contributed by atoms with Crippen molar-refractivity contribution < 1.29 is 27.1 Å². The van der Waals surface area contributed by atoms with Gasteiger partial charge in [0.05, 0.1) is 38.4 Å². The average Bonchev–Trinajstić information content (AvgIpc) is 3.33. The van der Waals surface area contributed by atoms with Crippen LogP contribution < -0.4 is 9.47 Å². The summed E-state index contributed by atoms with van der Waals surface area (Å²) in [6.45, 7) is 2.27. The highest BCUT2D eigenvalue weighted by molar-refractivity contribution is 7.91. The number of amides is 1. The number of nitrogens with zero attached hydrogens (tertiary/aromatic N) is 1. The minimum atomic E-state index is -3.15. The molecule has 7 nitrogen and oxygen atoms in total. The lowest BCUT2D eigenvalue weighted by atomic mass is 10.1. The molecule has 3 aromatic rings. The van der Waals surface area contributed by atoms with Crippen LogP contribution in [0.25, 0.3) is 11.0 Å². The normalized spacial score (nSPS) is 17.4. The third-order valence-corrected chi connectivity index (χ3v) is 7.67. The van der Waals surface area contributed by atoms with E-state index >= 15 is 0 Å². The SMILES string of the molecule is COc1ccc(CN(C(=O)Cc2coc3cc(C)ccc23)C2CCS(=O)(=O)C2)cc1OC. The van der Waals surface area contributed by atoms with Gasteiger partial charge in [-0.05, 0) is 42.7 Å². The number of hydrogen-bond acceptors (Lipinski definition) is 6. The Hall–Kier alpha value is -3.00. The van der Waals surface area contributed by atoms with Crippen molar-refractivity contribution in [1.29, 1.82) is 0 Å². The van der Waals surface area contributed by atoms with Crippen LogP contribution in [0, 0.1) is 6.92 Å². The Kier molecular flexibility index (Phi) is 6.15. The molecule has 1 fully saturated rings. The molecule has 2 heterocycles. The summed E-state index contributed by atoms with van der Waals surface area (Å²) in [5, 5.41) is 0.897. The van der Waals surface area contributed by atoms with Crippen LogP contribution in [0.4, 0.5) is 0 Å². The maximum Gasteiger partial charge on any atom is 0.227 e. The van der Waals surface area contributed by atoms with Crippen LogP contribution in [0.3, 0.4) is 0 Å². The molecule has 0 radical (unpaired) electrons. The van der Waals surface area contributed by atoms with Gasteiger partial charge in [0.2, 0.25) is 5.91 Å². The highest BCUT2D eigenvalue weighted by atomic mass is 32.2. The zero-order chi connectivity index (χ0) is 22.9. The Morgan fingerprint density at radius 3 is 2.59 bits per heavy atom. The molecule has 170 valence electrons. The number of furan rings is 1. The van der Waals surface area contributed by atoms with Gasteiger partial charge in [-0.1, -0.05) is 18.2 Å². The molecule has 2 aromatic carbocycles. The van der Waals surface area contributed by atoms with E-state index in [-0.39, 0.29) is 36.4 Å². The summed E-state index contributed by atoms with van der Waals surface area (Å²) in [7, 11) is -0.0300. The highest BCUT2D eigenvalue weighted by Crippen LogP contribution is 2.30. The van der Waals surface area contributed by atoms with Crippen molar-refractivity contribution in [2.75, 3.05) is 25.7 Å². The van der Waals surface area contributed by atoms with Gasteiger partial charge in [-0.3, -0.25) is 4.79 Å². The minimum absolute atomic E-state index is 0.0165. The van der Waals surface area contributed by atoms with E-state index in [2.05, 4.69) is 0 Å². The Labute approximate surface area is 187 Å². The van der Waals surface area contributed by atoms with Crippen LogP contribution in [0.2, 0.25) is 0 Å². The fourth-order valence-electron chi connectivity index (χ4n) is 4.21. The van der Waals surface area contributed by atoms with E-state index in [9.17, 15) is 13.2 Å². The Morgan fingerprint density at radius 2 is 1.91 bits per heavy atom. The van der Waals surface area contributed by atoms with Gasteiger partial charge in [-0.2, -0.15) is 0 Å². The van der Waals surface area contributed by atoms with E-state index < -0.39 is 9.84 Å². The van der Waals surface area contributed by atoms with Crippen LogP contribution in [0.15, 0.2) is 47.1 Å². The molecule has 32 heavy (non-hydrogen) atoms. The van der Waals surface area contributed by atoms with Crippen molar-refractivity contribution in [1.82, 2.24) is 4.90 Å². The fourth-order valence-corrected chi connectivity index (χ4v) is 5.94. The molecule has 1 atom stereocenters. The lowest BCUT2D eigenvalue weighted by molar-refractivity contribution is -0.133. The van der Waals surface area contributed by atoms with Gasteiger partial charge in [0, 0.05) is 23.5 Å². The molecular weight excluding hydrogens is 430 g/mol. The second kappa shape index (κ2) is 8.86. The highest BCUT2D eigenvalue weighted by Gasteiger charge is 2.35. The Bertz CT molecular complexity index is 1250. The Balaban J connectivity index is 1.62. The van der Waals surface area contributed by atoms with Crippen LogP contribution in [0.1, 0.15) is 23.1 Å². The van der Waals surface area contributed by atoms with Crippen LogP contribution in [-0.2, 0) is 27.6 Å². The predicted octanol–water partition coefficient (Wildman–Crippen LogP) is 3.52. The number of benzene rings is 2. The summed E-state index contributed by atoms with van der Waals surface area (Å²) < 4.78 is 40.6. The summed E-state index contributed by atoms with van der Waals surface area (Å²) in [5.74, 6) is 1.11. The van der Waals surface area contributed by atoms with E-state index in [1.807, 2.05) is 37.3 Å². The molecule has 1 aliphatic rings. The number of carbonyl (C=O) groups is 1. The van der Waals surface area contributed by atoms with E-state index in [4.69, 9.17) is 13.9 Å². The number of ether oxygens (including phenoxy) is 2. The van der Waals surface area contributed by atoms with Crippen molar-refractivity contribution in [2.24, 2.45) is 0 Å². The van der Waals surface area contributed by atoms with Gasteiger partial charge in [0.1, 0.15) is 5.58 Å². The Morgan fingerprint density at radius 1 is 1.12 bits per heavy atom. The minimum Gasteiger partial charge on any atom is -0.493 e. The van der Waals surface area contributed by atoms with Crippen molar-refractivity contribution in [3.63, 3.8) is 0 Å². The summed E-state index contributed by atoms with van der Waals surface area (Å²) in [4.78, 5) is 15.1. The zero-order valence-corrected chi connectivity index (χ0v) is 19.3. The topological polar surface area (TPSA) is 86.0 Å². The summed E-state index contributed by atoms with van der Waals surface area (Å²) in [5.41, 5.74) is 3.45. The van der Waals surface area contributed by atoms with E-state index in [1.54, 1.807) is 31.4 Å². The first kappa shape index (κ1) is 22.2. The van der Waals surface area contributed by atoms with Crippen molar-refractivity contribution in [3.8, 4) is 11.5 Å². The standard InChI is InChI=1S/C24H27NO6S/c1-16-4-6-20-18(14-31-22(20)10-16)12-24(26)25(19-8-9-32(27,28)15-19)13-17-5-7-21(29-2)23(11-17)30-3/h4-7,10-11,14,19H,8-9,12-13,15H2,1-3H3. The van der Waals surface area contributed by atoms with Crippen molar-refractivity contribution in [2.45, 2.75) is 32.4 Å². The number of sulfone groups is 1. The van der Waals surface area contributed by atoms with Gasteiger partial charge < -0.3 is 18.8 Å². The lowest BCUT2D eigenvalue weighted by Crippen LogP contribution is -2.41. The predicted molar refractivity (Wildman–Crippen MR) is 122 cm³/mol. The first-order valence-corrected chi connectivity index (χ1v) is 12.3. The zero-order valence-electron chi connectivity index (χ0n) is 18.5. The molecule has 0 spiro atoms. The fraction of sp³-hybridized carbons (Fsp3) is 0.375. The third-order valence-electron chi connectivity index (χ3n) is 5.92. The number of aryl methyl sites for hydroxylation is 1. The summed E-state index contributed by atoms with van der Waals surface area (Å²) in [6, 6.07) is 11.0. The van der Waals surface area contributed by atoms with Crippen LogP contribution in [-0.4, -0.2) is 51.0 Å². The van der Waals surface area contributed by atoms with E-state index in [0.29, 0.717) is 17.9 Å². The van der Waals surface area contributed by atoms with Crippen LogP contribution >= 0.6 is 0 Å². The smallest absolute Gasteiger partial charge is 0.227 e. The third kappa shape index (κ3) is 4.60. The number of hydrogen-bond donors (Lipinski definition) is 0. The number of carbonyl (C=O) groups excluding carboxylic acids is 1. The quantitative estimate of drug-likeness (QED) is 0.540. The van der Waals surface area contributed by atoms with Gasteiger partial charge in [-0.25, -0.2) is 8.42 Å². The van der Waals surface area contributed by atoms with Gasteiger partial charge in [0.25, 0.3) is 0 Å². The number of rotatable bonds is 7. The first-order chi connectivity index (χ1) is 15.3. The number of fused-ring (bicyclic) bond motifs is 1. The first-order valence-electron chi connectivity index (χ1n) is 10.5. The van der Waals surface area contributed by atoms with E-state index in [1.165, 1.54) is 0 Å². The maximum atomic E-state index is 13.4. The molecule has 1 aromatic heterocycles. The molecule has 1 unspecified atom stereocenters. The molecule has 1 amide bonds. The molecule has 1 saturated heterocycles.